The van der Waals surface area contributed by atoms with Gasteiger partial charge in [-0.05, 0) is 12.1 Å². The third-order valence-electron chi connectivity index (χ3n) is 1.89. The first-order valence-corrected chi connectivity index (χ1v) is 5.10. The number of ketones is 1. The molecule has 86 valence electrons. The van der Waals surface area contributed by atoms with E-state index in [1.165, 1.54) is 12.1 Å². The van der Waals surface area contributed by atoms with Crippen molar-refractivity contribution in [3.05, 3.63) is 27.7 Å². The van der Waals surface area contributed by atoms with Gasteiger partial charge in [-0.15, -0.1) is 0 Å². The zero-order chi connectivity index (χ0) is 12.3. The third-order valence-corrected chi connectivity index (χ3v) is 2.40. The fourth-order valence-corrected chi connectivity index (χ4v) is 1.63. The maximum Gasteiger partial charge on any atom is 0.303 e. The fourth-order valence-electron chi connectivity index (χ4n) is 1.13. The van der Waals surface area contributed by atoms with E-state index < -0.39 is 11.8 Å². The molecule has 0 radical (unpaired) electrons. The lowest BCUT2D eigenvalue weighted by molar-refractivity contribution is -0.136. The van der Waals surface area contributed by atoms with Gasteiger partial charge in [0.15, 0.2) is 5.78 Å². The highest BCUT2D eigenvalue weighted by molar-refractivity contribution is 6.36. The first-order chi connectivity index (χ1) is 7.41. The van der Waals surface area contributed by atoms with Crippen LogP contribution in [0, 0.1) is 0 Å². The lowest BCUT2D eigenvalue weighted by atomic mass is 10.1. The molecule has 0 unspecified atom stereocenters. The number of phenolic OH excluding ortho intramolecular Hbond substituents is 1. The Balaban J connectivity index is 2.95. The van der Waals surface area contributed by atoms with E-state index >= 15 is 0 Å². The Hall–Kier alpha value is -1.26. The van der Waals surface area contributed by atoms with Crippen LogP contribution in [-0.2, 0) is 4.79 Å². The summed E-state index contributed by atoms with van der Waals surface area (Å²) in [6, 6.07) is 2.55. The van der Waals surface area contributed by atoms with Crippen LogP contribution in [0.2, 0.25) is 10.0 Å². The minimum atomic E-state index is -1.08. The van der Waals surface area contributed by atoms with Crippen LogP contribution in [0.25, 0.3) is 0 Å². The molecule has 0 spiro atoms. The van der Waals surface area contributed by atoms with Gasteiger partial charge in [-0.25, -0.2) is 0 Å². The average molecular weight is 263 g/mol. The van der Waals surface area contributed by atoms with Crippen molar-refractivity contribution in [3.63, 3.8) is 0 Å². The van der Waals surface area contributed by atoms with E-state index in [1.54, 1.807) is 0 Å². The number of carboxylic acid groups (broad SMARTS) is 1. The van der Waals surface area contributed by atoms with Crippen LogP contribution in [0.5, 0.6) is 5.75 Å². The molecule has 1 rings (SSSR count). The van der Waals surface area contributed by atoms with Crippen molar-refractivity contribution in [2.45, 2.75) is 12.8 Å². The van der Waals surface area contributed by atoms with Crippen molar-refractivity contribution < 1.29 is 19.8 Å². The summed E-state index contributed by atoms with van der Waals surface area (Å²) < 4.78 is 0. The summed E-state index contributed by atoms with van der Waals surface area (Å²) in [5.74, 6) is -1.97. The molecule has 2 N–H and O–H groups in total. The minimum absolute atomic E-state index is 0.0359. The Labute approximate surface area is 101 Å². The average Bonchev–Trinajstić information content (AvgIpc) is 2.19. The van der Waals surface area contributed by atoms with Gasteiger partial charge in [0.1, 0.15) is 5.75 Å². The number of benzene rings is 1. The Morgan fingerprint density at radius 2 is 1.81 bits per heavy atom. The Kier molecular flexibility index (Phi) is 4.15. The second-order valence-electron chi connectivity index (χ2n) is 3.10. The predicted molar refractivity (Wildman–Crippen MR) is 59.3 cm³/mol. The molecule has 0 amide bonds. The van der Waals surface area contributed by atoms with Crippen LogP contribution in [0.3, 0.4) is 0 Å². The number of rotatable bonds is 4. The van der Waals surface area contributed by atoms with Gasteiger partial charge in [0.05, 0.1) is 17.0 Å². The molecule has 6 heteroatoms. The smallest absolute Gasteiger partial charge is 0.303 e. The van der Waals surface area contributed by atoms with Crippen LogP contribution in [0.1, 0.15) is 23.2 Å². The summed E-state index contributed by atoms with van der Waals surface area (Å²) in [4.78, 5) is 21.8. The Morgan fingerprint density at radius 1 is 1.19 bits per heavy atom. The topological polar surface area (TPSA) is 74.6 Å². The van der Waals surface area contributed by atoms with Gasteiger partial charge in [0.2, 0.25) is 0 Å². The lowest BCUT2D eigenvalue weighted by Gasteiger charge is -2.05. The highest BCUT2D eigenvalue weighted by atomic mass is 35.5. The maximum atomic E-state index is 11.5. The van der Waals surface area contributed by atoms with Gasteiger partial charge in [-0.2, -0.15) is 0 Å². The first-order valence-electron chi connectivity index (χ1n) is 4.35. The van der Waals surface area contributed by atoms with E-state index in [4.69, 9.17) is 28.3 Å². The number of carbonyl (C=O) groups is 2. The number of halogens is 2. The number of Topliss-reactive ketones (excluding diaryl/α,β-unsaturated/α-hetero) is 1. The monoisotopic (exact) mass is 262 g/mol. The number of carbonyl (C=O) groups excluding carboxylic acids is 1. The molecule has 0 aliphatic carbocycles. The molecule has 0 saturated carbocycles. The Bertz CT molecular complexity index is 443. The molecule has 0 aliphatic rings. The van der Waals surface area contributed by atoms with Crippen LogP contribution in [-0.4, -0.2) is 22.0 Å². The van der Waals surface area contributed by atoms with Gasteiger partial charge in [0.25, 0.3) is 0 Å². The molecular weight excluding hydrogens is 255 g/mol. The van der Waals surface area contributed by atoms with E-state index in [0.717, 1.165) is 0 Å². The van der Waals surface area contributed by atoms with Crippen LogP contribution >= 0.6 is 23.2 Å². The molecule has 0 heterocycles. The van der Waals surface area contributed by atoms with E-state index in [2.05, 4.69) is 0 Å². The number of carboxylic acids is 1. The highest BCUT2D eigenvalue weighted by Crippen LogP contribution is 2.31. The van der Waals surface area contributed by atoms with Crippen LogP contribution in [0.4, 0.5) is 0 Å². The number of hydrogen-bond donors (Lipinski definition) is 2. The predicted octanol–water partition coefficient (Wildman–Crippen LogP) is 2.75. The number of aliphatic carboxylic acids is 1. The molecular formula is C10H8Cl2O4. The zero-order valence-electron chi connectivity index (χ0n) is 8.04. The molecule has 1 aromatic carbocycles. The van der Waals surface area contributed by atoms with Gasteiger partial charge in [0, 0.05) is 11.4 Å². The number of aromatic hydroxyl groups is 1. The minimum Gasteiger partial charge on any atom is -0.506 e. The second kappa shape index (κ2) is 5.18. The largest absolute Gasteiger partial charge is 0.506 e. The number of phenols is 1. The summed E-state index contributed by atoms with van der Waals surface area (Å²) in [5, 5.41) is 18.1. The quantitative estimate of drug-likeness (QED) is 0.819. The van der Waals surface area contributed by atoms with E-state index in [0.29, 0.717) is 0 Å². The summed E-state index contributed by atoms with van der Waals surface area (Å²) in [5.41, 5.74) is -0.0567. The van der Waals surface area contributed by atoms with Crippen molar-refractivity contribution in [1.29, 1.82) is 0 Å². The molecule has 0 aliphatic heterocycles. The maximum absolute atomic E-state index is 11.5. The molecule has 1 aromatic rings. The van der Waals surface area contributed by atoms with Gasteiger partial charge in [-0.3, -0.25) is 9.59 Å². The van der Waals surface area contributed by atoms with Crippen molar-refractivity contribution in [2.75, 3.05) is 0 Å². The van der Waals surface area contributed by atoms with Crippen LogP contribution < -0.4 is 0 Å². The second-order valence-corrected chi connectivity index (χ2v) is 3.94. The molecule has 0 saturated heterocycles. The van der Waals surface area contributed by atoms with Gasteiger partial charge < -0.3 is 10.2 Å². The van der Waals surface area contributed by atoms with E-state index in [9.17, 15) is 14.7 Å². The summed E-state index contributed by atoms with van der Waals surface area (Å²) in [7, 11) is 0. The van der Waals surface area contributed by atoms with Crippen molar-refractivity contribution in [3.8, 4) is 5.75 Å². The van der Waals surface area contributed by atoms with E-state index in [-0.39, 0.29) is 34.2 Å². The normalized spacial score (nSPS) is 10.1. The summed E-state index contributed by atoms with van der Waals surface area (Å²) >= 11 is 11.3. The fraction of sp³-hybridized carbons (Fsp3) is 0.200. The molecule has 0 fully saturated rings. The zero-order valence-corrected chi connectivity index (χ0v) is 9.55. The van der Waals surface area contributed by atoms with Gasteiger partial charge in [-0.1, -0.05) is 23.2 Å². The van der Waals surface area contributed by atoms with Crippen molar-refractivity contribution in [2.24, 2.45) is 0 Å². The van der Waals surface area contributed by atoms with Gasteiger partial charge >= 0.3 is 5.97 Å². The molecule has 4 nitrogen and oxygen atoms in total. The lowest BCUT2D eigenvalue weighted by Crippen LogP contribution is -2.04. The van der Waals surface area contributed by atoms with Crippen molar-refractivity contribution in [1.82, 2.24) is 0 Å². The Morgan fingerprint density at radius 3 is 2.38 bits per heavy atom. The summed E-state index contributed by atoms with van der Waals surface area (Å²) in [6.07, 6.45) is -0.512. The molecule has 16 heavy (non-hydrogen) atoms. The van der Waals surface area contributed by atoms with Crippen molar-refractivity contribution >= 4 is 35.0 Å². The molecule has 0 bridgehead atoms. The standard InChI is InChI=1S/C10H8Cl2O4/c11-5-3-6(10(16)7(12)4-5)8(13)1-2-9(14)15/h3-4,16H,1-2H2,(H,14,15). The summed E-state index contributed by atoms with van der Waals surface area (Å²) in [6.45, 7) is 0. The van der Waals surface area contributed by atoms with Crippen LogP contribution in [0.15, 0.2) is 12.1 Å². The number of hydrogen-bond acceptors (Lipinski definition) is 3. The first kappa shape index (κ1) is 12.8. The molecule has 0 atom stereocenters. The highest BCUT2D eigenvalue weighted by Gasteiger charge is 2.16. The van der Waals surface area contributed by atoms with E-state index in [1.807, 2.05) is 0 Å². The third kappa shape index (κ3) is 3.12. The molecule has 0 aromatic heterocycles. The SMILES string of the molecule is O=C(O)CCC(=O)c1cc(Cl)cc(Cl)c1O.